The molecule has 0 aromatic heterocycles. The summed E-state index contributed by atoms with van der Waals surface area (Å²) in [6.45, 7) is 3.97. The molecule has 0 radical (unpaired) electrons. The van der Waals surface area contributed by atoms with Crippen molar-refractivity contribution in [2.24, 2.45) is 11.5 Å². The lowest BCUT2D eigenvalue weighted by molar-refractivity contribution is -0.122. The number of guanidine groups is 1. The first kappa shape index (κ1) is 25.1. The summed E-state index contributed by atoms with van der Waals surface area (Å²) in [4.78, 5) is 12.1. The molecule has 1 aromatic carbocycles. The Bertz CT molecular complexity index is 644. The predicted molar refractivity (Wildman–Crippen MR) is 127 cm³/mol. The first-order chi connectivity index (χ1) is 15.0. The molecule has 1 atom stereocenters. The van der Waals surface area contributed by atoms with Gasteiger partial charge in [-0.15, -0.1) is 0 Å². The van der Waals surface area contributed by atoms with Gasteiger partial charge in [-0.05, 0) is 56.3 Å². The van der Waals surface area contributed by atoms with E-state index in [9.17, 15) is 4.79 Å². The van der Waals surface area contributed by atoms with Crippen LogP contribution >= 0.6 is 0 Å². The molecule has 0 unspecified atom stereocenters. The molecular formula is C23H41N7O. The lowest BCUT2D eigenvalue weighted by Gasteiger charge is -2.22. The summed E-state index contributed by atoms with van der Waals surface area (Å²) in [6.07, 6.45) is 9.21. The molecule has 1 aliphatic carbocycles. The van der Waals surface area contributed by atoms with Crippen LogP contribution < -0.4 is 32.7 Å². The van der Waals surface area contributed by atoms with Crippen molar-refractivity contribution in [3.05, 3.63) is 35.4 Å². The van der Waals surface area contributed by atoms with Gasteiger partial charge in [-0.1, -0.05) is 43.5 Å². The fourth-order valence-corrected chi connectivity index (χ4v) is 3.83. The molecule has 9 N–H and O–H groups in total. The van der Waals surface area contributed by atoms with E-state index in [1.807, 2.05) is 12.1 Å². The Morgan fingerprint density at radius 2 is 1.65 bits per heavy atom. The highest BCUT2D eigenvalue weighted by molar-refractivity contribution is 5.81. The van der Waals surface area contributed by atoms with Crippen LogP contribution in [0.25, 0.3) is 0 Å². The van der Waals surface area contributed by atoms with Crippen LogP contribution in [-0.4, -0.2) is 43.6 Å². The second-order valence-corrected chi connectivity index (χ2v) is 8.44. The first-order valence-corrected chi connectivity index (χ1v) is 11.7. The molecular weight excluding hydrogens is 390 g/mol. The van der Waals surface area contributed by atoms with Crippen LogP contribution in [0, 0.1) is 5.41 Å². The van der Waals surface area contributed by atoms with Crippen LogP contribution in [-0.2, 0) is 17.9 Å². The molecule has 8 nitrogen and oxygen atoms in total. The Balaban J connectivity index is 1.53. The Hall–Kier alpha value is -2.16. The van der Waals surface area contributed by atoms with Crippen molar-refractivity contribution < 1.29 is 4.79 Å². The maximum absolute atomic E-state index is 12.1. The number of amides is 1. The van der Waals surface area contributed by atoms with Gasteiger partial charge in [0, 0.05) is 25.7 Å². The van der Waals surface area contributed by atoms with E-state index >= 15 is 0 Å². The molecule has 2 rings (SSSR count). The fraction of sp³-hybridized carbons (Fsp3) is 0.652. The Labute approximate surface area is 186 Å². The summed E-state index contributed by atoms with van der Waals surface area (Å²) < 4.78 is 0. The van der Waals surface area contributed by atoms with Crippen molar-refractivity contribution in [3.63, 3.8) is 0 Å². The minimum atomic E-state index is -0.551. The van der Waals surface area contributed by atoms with Gasteiger partial charge in [-0.2, -0.15) is 0 Å². The molecule has 0 spiro atoms. The van der Waals surface area contributed by atoms with Gasteiger partial charge in [0.2, 0.25) is 5.91 Å². The molecule has 174 valence electrons. The van der Waals surface area contributed by atoms with Crippen molar-refractivity contribution in [1.82, 2.24) is 21.3 Å². The molecule has 1 fully saturated rings. The van der Waals surface area contributed by atoms with Gasteiger partial charge in [-0.3, -0.25) is 10.2 Å². The predicted octanol–water partition coefficient (Wildman–Crippen LogP) is 1.30. The zero-order valence-electron chi connectivity index (χ0n) is 18.7. The van der Waals surface area contributed by atoms with Gasteiger partial charge in [-0.25, -0.2) is 0 Å². The van der Waals surface area contributed by atoms with E-state index in [-0.39, 0.29) is 11.9 Å². The Kier molecular flexibility index (Phi) is 12.0. The lowest BCUT2D eigenvalue weighted by Crippen LogP contribution is -2.41. The summed E-state index contributed by atoms with van der Waals surface area (Å²) >= 11 is 0. The van der Waals surface area contributed by atoms with Crippen molar-refractivity contribution in [1.29, 1.82) is 5.41 Å². The quantitative estimate of drug-likeness (QED) is 0.134. The van der Waals surface area contributed by atoms with Crippen LogP contribution in [0.4, 0.5) is 0 Å². The summed E-state index contributed by atoms with van der Waals surface area (Å²) in [7, 11) is 0. The molecule has 1 amide bonds. The number of benzene rings is 1. The highest BCUT2D eigenvalue weighted by Crippen LogP contribution is 2.17. The number of carbonyl (C=O) groups excluding carboxylic acids is 1. The van der Waals surface area contributed by atoms with Crippen LogP contribution in [0.5, 0.6) is 0 Å². The number of carbonyl (C=O) groups is 1. The zero-order chi connectivity index (χ0) is 22.3. The molecule has 0 heterocycles. The molecule has 1 aliphatic rings. The monoisotopic (exact) mass is 431 g/mol. The van der Waals surface area contributed by atoms with Crippen molar-refractivity contribution in [3.8, 4) is 0 Å². The Morgan fingerprint density at radius 1 is 0.968 bits per heavy atom. The van der Waals surface area contributed by atoms with Crippen LogP contribution in [0.2, 0.25) is 0 Å². The van der Waals surface area contributed by atoms with Crippen molar-refractivity contribution in [2.45, 2.75) is 76.5 Å². The van der Waals surface area contributed by atoms with Gasteiger partial charge in [0.25, 0.3) is 0 Å². The third-order valence-electron chi connectivity index (χ3n) is 5.73. The van der Waals surface area contributed by atoms with E-state index in [4.69, 9.17) is 16.9 Å². The molecule has 31 heavy (non-hydrogen) atoms. The average molecular weight is 432 g/mol. The molecule has 1 aromatic rings. The third-order valence-corrected chi connectivity index (χ3v) is 5.73. The van der Waals surface area contributed by atoms with E-state index in [1.54, 1.807) is 0 Å². The highest BCUT2D eigenvalue weighted by Gasteiger charge is 2.13. The van der Waals surface area contributed by atoms with Crippen LogP contribution in [0.15, 0.2) is 24.3 Å². The van der Waals surface area contributed by atoms with Crippen molar-refractivity contribution >= 4 is 11.9 Å². The van der Waals surface area contributed by atoms with Gasteiger partial charge in [0.05, 0.1) is 6.04 Å². The van der Waals surface area contributed by atoms with Gasteiger partial charge >= 0.3 is 0 Å². The number of rotatable bonds is 14. The molecule has 1 saturated carbocycles. The standard InChI is InChI=1S/C23H41N7O/c24-21(8-4-14-29-23(25)26)22(31)30-17-19-11-9-18(10-12-19)16-27-13-5-15-28-20-6-2-1-3-7-20/h9-12,20-21,27-28H,1-8,13-17,24H2,(H,30,31)(H4,25,26,29)/t21-/m0/s1. The van der Waals surface area contributed by atoms with Gasteiger partial charge < -0.3 is 32.7 Å². The number of hydrogen-bond acceptors (Lipinski definition) is 5. The van der Waals surface area contributed by atoms with E-state index in [0.717, 1.165) is 37.7 Å². The SMILES string of the molecule is N=C(N)NCCC[C@H](N)C(=O)NCc1ccc(CNCCCNC2CCCCC2)cc1. The number of nitrogens with two attached hydrogens (primary N) is 2. The van der Waals surface area contributed by atoms with E-state index in [0.29, 0.717) is 25.9 Å². The Morgan fingerprint density at radius 3 is 2.32 bits per heavy atom. The lowest BCUT2D eigenvalue weighted by atomic mass is 9.95. The highest BCUT2D eigenvalue weighted by atomic mass is 16.2. The smallest absolute Gasteiger partial charge is 0.237 e. The van der Waals surface area contributed by atoms with Gasteiger partial charge in [0.1, 0.15) is 0 Å². The topological polar surface area (TPSA) is 141 Å². The second-order valence-electron chi connectivity index (χ2n) is 8.44. The summed E-state index contributed by atoms with van der Waals surface area (Å²) in [5.41, 5.74) is 13.4. The molecule has 0 saturated heterocycles. The molecule has 0 bridgehead atoms. The normalized spacial score (nSPS) is 15.4. The van der Waals surface area contributed by atoms with Gasteiger partial charge in [0.15, 0.2) is 5.96 Å². The maximum Gasteiger partial charge on any atom is 0.237 e. The molecule has 8 heteroatoms. The number of nitrogens with one attached hydrogen (secondary N) is 5. The fourth-order valence-electron chi connectivity index (χ4n) is 3.83. The van der Waals surface area contributed by atoms with Crippen LogP contribution in [0.1, 0.15) is 62.5 Å². The first-order valence-electron chi connectivity index (χ1n) is 11.7. The minimum Gasteiger partial charge on any atom is -0.370 e. The third kappa shape index (κ3) is 11.1. The van der Waals surface area contributed by atoms with Crippen LogP contribution in [0.3, 0.4) is 0 Å². The van der Waals surface area contributed by atoms with Crippen molar-refractivity contribution in [2.75, 3.05) is 19.6 Å². The summed E-state index contributed by atoms with van der Waals surface area (Å²) in [5.74, 6) is -0.223. The average Bonchev–Trinajstić information content (AvgIpc) is 2.78. The summed E-state index contributed by atoms with van der Waals surface area (Å²) in [6, 6.07) is 8.48. The molecule has 0 aliphatic heterocycles. The van der Waals surface area contributed by atoms with E-state index in [2.05, 4.69) is 33.4 Å². The van der Waals surface area contributed by atoms with E-state index < -0.39 is 6.04 Å². The zero-order valence-corrected chi connectivity index (χ0v) is 18.7. The summed E-state index contributed by atoms with van der Waals surface area (Å²) in [5, 5.41) is 19.9. The van der Waals surface area contributed by atoms with E-state index in [1.165, 1.54) is 37.7 Å². The number of hydrogen-bond donors (Lipinski definition) is 7. The maximum atomic E-state index is 12.1. The second kappa shape index (κ2) is 14.8. The minimum absolute atomic E-state index is 0.0664. The largest absolute Gasteiger partial charge is 0.370 e.